The monoisotopic (exact) mass is 268 g/mol. The molecule has 4 heteroatoms. The van der Waals surface area contributed by atoms with E-state index in [0.29, 0.717) is 19.8 Å². The van der Waals surface area contributed by atoms with E-state index < -0.39 is 0 Å². The summed E-state index contributed by atoms with van der Waals surface area (Å²) in [5.41, 5.74) is 1.65. The van der Waals surface area contributed by atoms with Gasteiger partial charge in [0.25, 0.3) is 0 Å². The molecule has 0 atom stereocenters. The average Bonchev–Trinajstić information content (AvgIpc) is 2.36. The molecule has 1 rings (SSSR count). The van der Waals surface area contributed by atoms with E-state index in [9.17, 15) is 0 Å². The maximum absolute atomic E-state index is 9.12. The second kappa shape index (κ2) is 7.48. The second-order valence-corrected chi connectivity index (χ2v) is 5.32. The summed E-state index contributed by atoms with van der Waals surface area (Å²) in [4.78, 5) is 0. The summed E-state index contributed by atoms with van der Waals surface area (Å²) in [5.74, 6) is 0.772. The number of aliphatic hydroxyl groups excluding tert-OH is 1. The highest BCUT2D eigenvalue weighted by Gasteiger charge is 2.09. The van der Waals surface area contributed by atoms with Gasteiger partial charge in [-0.25, -0.2) is 0 Å². The predicted octanol–water partition coefficient (Wildman–Crippen LogP) is 2.52. The highest BCUT2D eigenvalue weighted by Crippen LogP contribution is 2.20. The minimum absolute atomic E-state index is 0.0180. The molecule has 0 saturated carbocycles. The first-order valence-electron chi connectivity index (χ1n) is 6.44. The van der Waals surface area contributed by atoms with Crippen molar-refractivity contribution >= 4 is 0 Å². The molecule has 1 N–H and O–H groups in total. The molecule has 0 unspecified atom stereocenters. The first-order chi connectivity index (χ1) is 8.96. The molecule has 0 spiro atoms. The fourth-order valence-corrected chi connectivity index (χ4v) is 1.63. The fourth-order valence-electron chi connectivity index (χ4n) is 1.63. The van der Waals surface area contributed by atoms with Gasteiger partial charge < -0.3 is 19.3 Å². The summed E-state index contributed by atoms with van der Waals surface area (Å²) in [6.45, 7) is 7.60. The summed E-state index contributed by atoms with van der Waals surface area (Å²) < 4.78 is 16.4. The van der Waals surface area contributed by atoms with Crippen LogP contribution < -0.4 is 4.74 Å². The standard InChI is InChI=1S/C15H24O4/c1-15(2,3)19-8-7-18-11-13-9-12(10-16)5-6-14(13)17-4/h5-6,9,16H,7-8,10-11H2,1-4H3. The third kappa shape index (κ3) is 6.05. The predicted molar refractivity (Wildman–Crippen MR) is 74.3 cm³/mol. The molecular formula is C15H24O4. The number of hydrogen-bond donors (Lipinski definition) is 1. The van der Waals surface area contributed by atoms with Gasteiger partial charge in [0.15, 0.2) is 0 Å². The van der Waals surface area contributed by atoms with Gasteiger partial charge in [0.1, 0.15) is 5.75 Å². The summed E-state index contributed by atoms with van der Waals surface area (Å²) in [6.07, 6.45) is 0. The highest BCUT2D eigenvalue weighted by molar-refractivity contribution is 5.36. The van der Waals surface area contributed by atoms with Crippen molar-refractivity contribution in [3.8, 4) is 5.75 Å². The summed E-state index contributed by atoms with van der Waals surface area (Å²) in [5, 5.41) is 9.12. The van der Waals surface area contributed by atoms with E-state index in [4.69, 9.17) is 19.3 Å². The minimum atomic E-state index is -0.141. The molecule has 0 aliphatic heterocycles. The smallest absolute Gasteiger partial charge is 0.124 e. The van der Waals surface area contributed by atoms with Crippen LogP contribution in [0.3, 0.4) is 0 Å². The van der Waals surface area contributed by atoms with Gasteiger partial charge in [-0.2, -0.15) is 0 Å². The Morgan fingerprint density at radius 2 is 1.89 bits per heavy atom. The molecule has 0 aromatic heterocycles. The molecule has 0 aliphatic rings. The van der Waals surface area contributed by atoms with Crippen molar-refractivity contribution in [2.75, 3.05) is 20.3 Å². The van der Waals surface area contributed by atoms with Gasteiger partial charge in [-0.3, -0.25) is 0 Å². The molecule has 108 valence electrons. The van der Waals surface area contributed by atoms with Crippen molar-refractivity contribution in [3.63, 3.8) is 0 Å². The van der Waals surface area contributed by atoms with E-state index in [1.165, 1.54) is 0 Å². The molecule has 0 radical (unpaired) electrons. The number of benzene rings is 1. The van der Waals surface area contributed by atoms with E-state index in [1.807, 2.05) is 39.0 Å². The lowest BCUT2D eigenvalue weighted by Gasteiger charge is -2.19. The summed E-state index contributed by atoms with van der Waals surface area (Å²) in [7, 11) is 1.63. The van der Waals surface area contributed by atoms with Crippen LogP contribution in [0, 0.1) is 0 Å². The molecule has 1 aromatic carbocycles. The van der Waals surface area contributed by atoms with Crippen molar-refractivity contribution < 1.29 is 19.3 Å². The topological polar surface area (TPSA) is 47.9 Å². The van der Waals surface area contributed by atoms with Crippen LogP contribution in [0.2, 0.25) is 0 Å². The summed E-state index contributed by atoms with van der Waals surface area (Å²) in [6, 6.07) is 5.57. The van der Waals surface area contributed by atoms with Gasteiger partial charge >= 0.3 is 0 Å². The molecule has 0 heterocycles. The molecule has 0 bridgehead atoms. The lowest BCUT2D eigenvalue weighted by molar-refractivity contribution is -0.0378. The van der Waals surface area contributed by atoms with E-state index in [2.05, 4.69) is 0 Å². The Morgan fingerprint density at radius 3 is 2.47 bits per heavy atom. The Bertz CT molecular complexity index is 382. The van der Waals surface area contributed by atoms with Gasteiger partial charge in [0.2, 0.25) is 0 Å². The molecular weight excluding hydrogens is 244 g/mol. The quantitative estimate of drug-likeness (QED) is 0.772. The van der Waals surface area contributed by atoms with Gasteiger partial charge in [0, 0.05) is 5.56 Å². The minimum Gasteiger partial charge on any atom is -0.496 e. The Morgan fingerprint density at radius 1 is 1.16 bits per heavy atom. The van der Waals surface area contributed by atoms with Crippen LogP contribution in [0.15, 0.2) is 18.2 Å². The molecule has 4 nitrogen and oxygen atoms in total. The third-order valence-electron chi connectivity index (χ3n) is 2.55. The number of methoxy groups -OCH3 is 1. The molecule has 0 aliphatic carbocycles. The fraction of sp³-hybridized carbons (Fsp3) is 0.600. The van der Waals surface area contributed by atoms with Crippen LogP contribution in [-0.4, -0.2) is 31.0 Å². The van der Waals surface area contributed by atoms with Crippen molar-refractivity contribution in [2.24, 2.45) is 0 Å². The average molecular weight is 268 g/mol. The van der Waals surface area contributed by atoms with Crippen molar-refractivity contribution in [2.45, 2.75) is 39.6 Å². The Labute approximate surface area is 115 Å². The van der Waals surface area contributed by atoms with Crippen LogP contribution >= 0.6 is 0 Å². The maximum Gasteiger partial charge on any atom is 0.124 e. The molecule has 0 fully saturated rings. The van der Waals surface area contributed by atoms with Crippen molar-refractivity contribution in [1.29, 1.82) is 0 Å². The van der Waals surface area contributed by atoms with E-state index in [0.717, 1.165) is 16.9 Å². The van der Waals surface area contributed by atoms with Crippen LogP contribution in [0.1, 0.15) is 31.9 Å². The molecule has 19 heavy (non-hydrogen) atoms. The largest absolute Gasteiger partial charge is 0.496 e. The van der Waals surface area contributed by atoms with Crippen LogP contribution in [0.25, 0.3) is 0 Å². The third-order valence-corrected chi connectivity index (χ3v) is 2.55. The molecule has 0 saturated heterocycles. The Balaban J connectivity index is 2.43. The van der Waals surface area contributed by atoms with E-state index in [1.54, 1.807) is 7.11 Å². The number of ether oxygens (including phenoxy) is 3. The van der Waals surface area contributed by atoms with E-state index >= 15 is 0 Å². The lowest BCUT2D eigenvalue weighted by atomic mass is 10.1. The van der Waals surface area contributed by atoms with Crippen LogP contribution in [0.5, 0.6) is 5.75 Å². The number of aliphatic hydroxyl groups is 1. The first-order valence-corrected chi connectivity index (χ1v) is 6.44. The normalized spacial score (nSPS) is 11.6. The molecule has 0 amide bonds. The van der Waals surface area contributed by atoms with Crippen LogP contribution in [0.4, 0.5) is 0 Å². The number of hydrogen-bond acceptors (Lipinski definition) is 4. The SMILES string of the molecule is COc1ccc(CO)cc1COCCOC(C)(C)C. The number of rotatable bonds is 7. The Kier molecular flexibility index (Phi) is 6.28. The van der Waals surface area contributed by atoms with Crippen molar-refractivity contribution in [3.05, 3.63) is 29.3 Å². The zero-order valence-electron chi connectivity index (χ0n) is 12.2. The van der Waals surface area contributed by atoms with Gasteiger partial charge in [0.05, 0.1) is 39.1 Å². The van der Waals surface area contributed by atoms with E-state index in [-0.39, 0.29) is 12.2 Å². The summed E-state index contributed by atoms with van der Waals surface area (Å²) >= 11 is 0. The second-order valence-electron chi connectivity index (χ2n) is 5.32. The van der Waals surface area contributed by atoms with Crippen LogP contribution in [-0.2, 0) is 22.7 Å². The van der Waals surface area contributed by atoms with Gasteiger partial charge in [-0.15, -0.1) is 0 Å². The zero-order valence-corrected chi connectivity index (χ0v) is 12.2. The van der Waals surface area contributed by atoms with Gasteiger partial charge in [-0.1, -0.05) is 6.07 Å². The Hall–Kier alpha value is -1.10. The highest BCUT2D eigenvalue weighted by atomic mass is 16.5. The van der Waals surface area contributed by atoms with Gasteiger partial charge in [-0.05, 0) is 38.5 Å². The lowest BCUT2D eigenvalue weighted by Crippen LogP contribution is -2.21. The molecule has 1 aromatic rings. The first kappa shape index (κ1) is 16.0. The van der Waals surface area contributed by atoms with Crippen molar-refractivity contribution in [1.82, 2.24) is 0 Å². The zero-order chi connectivity index (χ0) is 14.3. The maximum atomic E-state index is 9.12.